The third-order valence-electron chi connectivity index (χ3n) is 5.38. The van der Waals surface area contributed by atoms with Crippen LogP contribution in [0.15, 0.2) is 90.0 Å². The molecule has 1 fully saturated rings. The van der Waals surface area contributed by atoms with E-state index in [2.05, 4.69) is 29.2 Å². The zero-order chi connectivity index (χ0) is 22.3. The lowest BCUT2D eigenvalue weighted by atomic mass is 9.93. The van der Waals surface area contributed by atoms with Gasteiger partial charge in [0.1, 0.15) is 0 Å². The van der Waals surface area contributed by atoms with Crippen LogP contribution in [0.25, 0.3) is 12.2 Å². The van der Waals surface area contributed by atoms with Crippen molar-refractivity contribution in [3.63, 3.8) is 0 Å². The Kier molecular flexibility index (Phi) is 6.37. The Morgan fingerprint density at radius 3 is 1.62 bits per heavy atom. The predicted molar refractivity (Wildman–Crippen MR) is 125 cm³/mol. The van der Waals surface area contributed by atoms with Crippen molar-refractivity contribution in [1.29, 1.82) is 10.5 Å². The molecule has 1 saturated heterocycles. The minimum absolute atomic E-state index is 0.0306. The van der Waals surface area contributed by atoms with Crippen LogP contribution in [0.1, 0.15) is 27.8 Å². The Bertz CT molecular complexity index is 1180. The molecule has 0 amide bonds. The van der Waals surface area contributed by atoms with Gasteiger partial charge in [-0.1, -0.05) is 54.6 Å². The normalized spacial score (nSPS) is 16.6. The van der Waals surface area contributed by atoms with E-state index in [1.807, 2.05) is 54.6 Å². The van der Waals surface area contributed by atoms with Crippen LogP contribution >= 0.6 is 0 Å². The topological polar surface area (TPSA) is 67.9 Å². The summed E-state index contributed by atoms with van der Waals surface area (Å²) in [5, 5.41) is 18.0. The number of carbonyl (C=O) groups excluding carboxylic acids is 1. The minimum atomic E-state index is 0.0306. The molecular weight excluding hydrogens is 394 g/mol. The highest BCUT2D eigenvalue weighted by atomic mass is 16.1. The molecule has 1 aliphatic rings. The molecule has 0 spiro atoms. The summed E-state index contributed by atoms with van der Waals surface area (Å²) in [6.07, 6.45) is 3.82. The fourth-order valence-electron chi connectivity index (χ4n) is 3.77. The summed E-state index contributed by atoms with van der Waals surface area (Å²) >= 11 is 0. The highest BCUT2D eigenvalue weighted by molar-refractivity contribution is 6.14. The molecule has 1 heterocycles. The zero-order valence-electron chi connectivity index (χ0n) is 17.5. The maximum absolute atomic E-state index is 13.3. The van der Waals surface area contributed by atoms with Gasteiger partial charge in [0, 0.05) is 30.8 Å². The van der Waals surface area contributed by atoms with Gasteiger partial charge in [0.05, 0.1) is 23.3 Å². The lowest BCUT2D eigenvalue weighted by Gasteiger charge is -2.30. The van der Waals surface area contributed by atoms with Gasteiger partial charge in [-0.2, -0.15) is 10.5 Å². The third kappa shape index (κ3) is 5.08. The zero-order valence-corrected chi connectivity index (χ0v) is 17.5. The number of benzene rings is 3. The predicted octanol–water partition coefficient (Wildman–Crippen LogP) is 4.98. The van der Waals surface area contributed by atoms with Crippen molar-refractivity contribution in [3.8, 4) is 12.1 Å². The summed E-state index contributed by atoms with van der Waals surface area (Å²) in [7, 11) is 0. The molecule has 4 heteroatoms. The largest absolute Gasteiger partial charge is 0.290 e. The molecule has 0 radical (unpaired) electrons. The van der Waals surface area contributed by atoms with Crippen molar-refractivity contribution >= 4 is 17.9 Å². The Hall–Kier alpha value is -4.25. The van der Waals surface area contributed by atoms with Crippen LogP contribution in [0.5, 0.6) is 0 Å². The number of Topliss-reactive ketones (excluding diaryl/α,β-unsaturated/α-hetero) is 1. The quantitative estimate of drug-likeness (QED) is 0.564. The van der Waals surface area contributed by atoms with Crippen molar-refractivity contribution in [2.75, 3.05) is 13.1 Å². The summed E-state index contributed by atoms with van der Waals surface area (Å²) in [5.41, 5.74) is 5.60. The van der Waals surface area contributed by atoms with E-state index in [1.165, 1.54) is 5.56 Å². The summed E-state index contributed by atoms with van der Waals surface area (Å²) < 4.78 is 0. The average molecular weight is 415 g/mol. The minimum Gasteiger partial charge on any atom is -0.290 e. The lowest BCUT2D eigenvalue weighted by molar-refractivity contribution is -0.113. The van der Waals surface area contributed by atoms with Crippen LogP contribution in [0, 0.1) is 22.7 Å². The molecule has 3 aromatic carbocycles. The molecule has 32 heavy (non-hydrogen) atoms. The number of likely N-dealkylation sites (tertiary alicyclic amines) is 1. The van der Waals surface area contributed by atoms with Crippen molar-refractivity contribution in [1.82, 2.24) is 4.90 Å². The number of nitrogens with zero attached hydrogens (tertiary/aromatic N) is 3. The van der Waals surface area contributed by atoms with Crippen LogP contribution in [-0.4, -0.2) is 23.8 Å². The van der Waals surface area contributed by atoms with Gasteiger partial charge in [-0.15, -0.1) is 0 Å². The molecular formula is C28H21N3O. The Balaban J connectivity index is 1.67. The Labute approximate surface area is 188 Å². The summed E-state index contributed by atoms with van der Waals surface area (Å²) in [5.74, 6) is 0.0306. The first-order valence-corrected chi connectivity index (χ1v) is 10.4. The molecule has 4 nitrogen and oxygen atoms in total. The molecule has 4 rings (SSSR count). The average Bonchev–Trinajstić information content (AvgIpc) is 2.83. The van der Waals surface area contributed by atoms with Crippen LogP contribution in [0.4, 0.5) is 0 Å². The van der Waals surface area contributed by atoms with E-state index in [0.717, 1.165) is 28.8 Å². The number of rotatable bonds is 4. The molecule has 0 aliphatic carbocycles. The number of hydrogen-bond acceptors (Lipinski definition) is 4. The fraction of sp³-hybridized carbons (Fsp3) is 0.107. The van der Waals surface area contributed by atoms with Crippen molar-refractivity contribution in [3.05, 3.63) is 118 Å². The van der Waals surface area contributed by atoms with E-state index in [1.54, 1.807) is 24.3 Å². The van der Waals surface area contributed by atoms with E-state index in [9.17, 15) is 4.79 Å². The molecule has 0 bridgehead atoms. The van der Waals surface area contributed by atoms with E-state index >= 15 is 0 Å². The van der Waals surface area contributed by atoms with E-state index in [4.69, 9.17) is 10.5 Å². The molecule has 154 valence electrons. The van der Waals surface area contributed by atoms with Crippen molar-refractivity contribution in [2.45, 2.75) is 6.54 Å². The van der Waals surface area contributed by atoms with Gasteiger partial charge < -0.3 is 0 Å². The van der Waals surface area contributed by atoms with Crippen LogP contribution in [-0.2, 0) is 11.3 Å². The molecule has 0 atom stereocenters. The second-order valence-electron chi connectivity index (χ2n) is 7.77. The molecule has 3 aromatic rings. The first kappa shape index (κ1) is 21.0. The Morgan fingerprint density at radius 1 is 0.719 bits per heavy atom. The maximum atomic E-state index is 13.3. The molecule has 1 aliphatic heterocycles. The Morgan fingerprint density at radius 2 is 1.19 bits per heavy atom. The van der Waals surface area contributed by atoms with Crippen LogP contribution in [0.2, 0.25) is 0 Å². The van der Waals surface area contributed by atoms with Gasteiger partial charge in [0.25, 0.3) is 0 Å². The van der Waals surface area contributed by atoms with E-state index < -0.39 is 0 Å². The number of ketones is 1. The van der Waals surface area contributed by atoms with Gasteiger partial charge in [0.15, 0.2) is 5.78 Å². The number of carbonyl (C=O) groups is 1. The van der Waals surface area contributed by atoms with Gasteiger partial charge >= 0.3 is 0 Å². The first-order chi connectivity index (χ1) is 15.6. The smallest absolute Gasteiger partial charge is 0.187 e. The van der Waals surface area contributed by atoms with Gasteiger partial charge in [-0.05, 0) is 53.1 Å². The van der Waals surface area contributed by atoms with Gasteiger partial charge in [0.2, 0.25) is 0 Å². The third-order valence-corrected chi connectivity index (χ3v) is 5.38. The number of hydrogen-bond donors (Lipinski definition) is 0. The second-order valence-corrected chi connectivity index (χ2v) is 7.77. The SMILES string of the molecule is N#Cc1ccc(/C=C2\CN(Cc3ccccc3)C/C(=C\c3ccc(C#N)cc3)C2=O)cc1. The lowest BCUT2D eigenvalue weighted by Crippen LogP contribution is -2.37. The summed E-state index contributed by atoms with van der Waals surface area (Å²) in [6, 6.07) is 28.9. The molecule has 0 saturated carbocycles. The maximum Gasteiger partial charge on any atom is 0.187 e. The van der Waals surface area contributed by atoms with Crippen molar-refractivity contribution in [2.24, 2.45) is 0 Å². The second kappa shape index (κ2) is 9.71. The molecule has 0 N–H and O–H groups in total. The standard InChI is InChI=1S/C28H21N3O/c29-16-23-10-6-21(7-11-23)14-26-19-31(18-25-4-2-1-3-5-25)20-27(28(26)32)15-22-8-12-24(17-30)13-9-22/h1-15H,18-20H2/b26-14+,27-15+. The van der Waals surface area contributed by atoms with E-state index in [0.29, 0.717) is 24.2 Å². The van der Waals surface area contributed by atoms with Crippen LogP contribution in [0.3, 0.4) is 0 Å². The highest BCUT2D eigenvalue weighted by Gasteiger charge is 2.26. The van der Waals surface area contributed by atoms with E-state index in [-0.39, 0.29) is 5.78 Å². The first-order valence-electron chi connectivity index (χ1n) is 10.4. The summed E-state index contributed by atoms with van der Waals surface area (Å²) in [4.78, 5) is 15.6. The van der Waals surface area contributed by atoms with Crippen molar-refractivity contribution < 1.29 is 4.79 Å². The highest BCUT2D eigenvalue weighted by Crippen LogP contribution is 2.24. The van der Waals surface area contributed by atoms with Gasteiger partial charge in [-0.25, -0.2) is 0 Å². The molecule has 0 aromatic heterocycles. The summed E-state index contributed by atoms with van der Waals surface area (Å²) in [6.45, 7) is 1.85. The monoisotopic (exact) mass is 415 g/mol. The van der Waals surface area contributed by atoms with Gasteiger partial charge in [-0.3, -0.25) is 9.69 Å². The molecule has 0 unspecified atom stereocenters. The van der Waals surface area contributed by atoms with Crippen LogP contribution < -0.4 is 0 Å². The number of piperidine rings is 1. The number of nitriles is 2. The fourth-order valence-corrected chi connectivity index (χ4v) is 3.77.